The molecule has 3 unspecified atom stereocenters. The first-order chi connectivity index (χ1) is 17.5. The van der Waals surface area contributed by atoms with E-state index in [1.807, 2.05) is 18.2 Å². The summed E-state index contributed by atoms with van der Waals surface area (Å²) in [5, 5.41) is 16.6. The topological polar surface area (TPSA) is 26.7 Å². The Morgan fingerprint density at radius 2 is 1.76 bits per heavy atom. The average Bonchev–Trinajstić information content (AvgIpc) is 3.53. The third kappa shape index (κ3) is 8.51. The van der Waals surface area contributed by atoms with Gasteiger partial charge >= 0.3 is 0 Å². The molecule has 37 heavy (non-hydrogen) atoms. The van der Waals surface area contributed by atoms with Gasteiger partial charge < -0.3 is 10.0 Å². The molecule has 1 aromatic heterocycles. The minimum absolute atomic E-state index is 0. The van der Waals surface area contributed by atoms with Crippen LogP contribution in [0, 0.1) is 55.9 Å². The SMILES string of the molecule is OC(Cc1ccccc1)CC1CCN(CC2CN(Cc3ccc(Cl)cc3Cl)CC2c2ccsc2)CC1.[Ac]. The van der Waals surface area contributed by atoms with Gasteiger partial charge in [-0.2, -0.15) is 11.3 Å². The maximum atomic E-state index is 10.6. The molecule has 3 atom stereocenters. The average molecular weight is 771 g/mol. The van der Waals surface area contributed by atoms with Gasteiger partial charge in [-0.05, 0) is 96.3 Å². The van der Waals surface area contributed by atoms with Gasteiger partial charge in [0, 0.05) is 86.2 Å². The van der Waals surface area contributed by atoms with Crippen molar-refractivity contribution in [3.05, 3.63) is 92.1 Å². The van der Waals surface area contributed by atoms with Crippen LogP contribution in [0.15, 0.2) is 65.4 Å². The van der Waals surface area contributed by atoms with Gasteiger partial charge in [-0.25, -0.2) is 0 Å². The fourth-order valence-corrected chi connectivity index (χ4v) is 7.31. The molecule has 2 saturated heterocycles. The monoisotopic (exact) mass is 769 g/mol. The van der Waals surface area contributed by atoms with Crippen LogP contribution in [0.5, 0.6) is 0 Å². The third-order valence-electron chi connectivity index (χ3n) is 8.02. The zero-order valence-electron chi connectivity index (χ0n) is 21.3. The van der Waals surface area contributed by atoms with E-state index in [0.29, 0.717) is 22.8 Å². The molecule has 0 spiro atoms. The number of likely N-dealkylation sites (tertiary alicyclic amines) is 2. The number of thiophene rings is 1. The van der Waals surface area contributed by atoms with Gasteiger partial charge in [-0.15, -0.1) is 0 Å². The standard InChI is InChI=1S/C30H36Cl2N2OS.Ac/c31-27-7-6-24(30(32)16-27)17-34-19-26(29(20-34)25-10-13-36-21-25)18-33-11-8-23(9-12-33)15-28(35)14-22-4-2-1-3-5-22;/h1-7,10,13,16,21,23,26,28-29,35H,8-9,11-12,14-15,17-20H2;. The molecule has 2 fully saturated rings. The third-order valence-corrected chi connectivity index (χ3v) is 9.30. The first kappa shape index (κ1) is 30.0. The van der Waals surface area contributed by atoms with E-state index >= 15 is 0 Å². The summed E-state index contributed by atoms with van der Waals surface area (Å²) in [6.45, 7) is 6.45. The Hall–Kier alpha value is 0.0416. The van der Waals surface area contributed by atoms with Gasteiger partial charge in [0.25, 0.3) is 0 Å². The largest absolute Gasteiger partial charge is 0.393 e. The van der Waals surface area contributed by atoms with Crippen molar-refractivity contribution in [2.75, 3.05) is 32.7 Å². The van der Waals surface area contributed by atoms with Crippen LogP contribution in [0.25, 0.3) is 0 Å². The molecular weight excluding hydrogens is 734 g/mol. The second-order valence-corrected chi connectivity index (χ2v) is 12.3. The van der Waals surface area contributed by atoms with E-state index in [2.05, 4.69) is 57.0 Å². The normalized spacial score (nSPS) is 22.1. The van der Waals surface area contributed by atoms with Crippen molar-refractivity contribution in [2.45, 2.75) is 44.2 Å². The van der Waals surface area contributed by atoms with Crippen molar-refractivity contribution in [3.63, 3.8) is 0 Å². The zero-order chi connectivity index (χ0) is 24.9. The Kier molecular flexibility index (Phi) is 11.8. The molecule has 0 saturated carbocycles. The Balaban J connectivity index is 0.00000320. The van der Waals surface area contributed by atoms with Gasteiger partial charge in [0.05, 0.1) is 6.10 Å². The maximum Gasteiger partial charge on any atom is 0.0583 e. The number of hydrogen-bond donors (Lipinski definition) is 1. The maximum absolute atomic E-state index is 10.6. The van der Waals surface area contributed by atoms with E-state index in [1.165, 1.54) is 24.0 Å². The number of rotatable bonds is 9. The number of aliphatic hydroxyl groups is 1. The molecule has 195 valence electrons. The summed E-state index contributed by atoms with van der Waals surface area (Å²) in [5.74, 6) is 1.80. The van der Waals surface area contributed by atoms with Crippen molar-refractivity contribution in [3.8, 4) is 0 Å². The molecule has 1 radical (unpaired) electrons. The van der Waals surface area contributed by atoms with Crippen LogP contribution in [0.2, 0.25) is 10.0 Å². The predicted octanol–water partition coefficient (Wildman–Crippen LogP) is 6.98. The van der Waals surface area contributed by atoms with Crippen molar-refractivity contribution in [1.29, 1.82) is 0 Å². The Labute approximate surface area is 271 Å². The summed E-state index contributed by atoms with van der Waals surface area (Å²) in [6, 6.07) is 18.5. The van der Waals surface area contributed by atoms with Crippen LogP contribution in [0.3, 0.4) is 0 Å². The van der Waals surface area contributed by atoms with Gasteiger partial charge in [-0.3, -0.25) is 4.90 Å². The van der Waals surface area contributed by atoms with Crippen molar-refractivity contribution in [2.24, 2.45) is 11.8 Å². The molecule has 3 aromatic rings. The number of aliphatic hydroxyl groups excluding tert-OH is 1. The van der Waals surface area contributed by atoms with Gasteiger partial charge in [0.1, 0.15) is 0 Å². The number of halogens is 2. The summed E-state index contributed by atoms with van der Waals surface area (Å²) in [6.07, 6.45) is 3.81. The van der Waals surface area contributed by atoms with E-state index in [1.54, 1.807) is 11.3 Å². The summed E-state index contributed by atoms with van der Waals surface area (Å²) in [5.41, 5.74) is 3.86. The molecular formula is C30H36AcCl2N2OS. The van der Waals surface area contributed by atoms with Crippen LogP contribution in [0.1, 0.15) is 41.9 Å². The predicted molar refractivity (Wildman–Crippen MR) is 152 cm³/mol. The summed E-state index contributed by atoms with van der Waals surface area (Å²) in [7, 11) is 0. The second-order valence-electron chi connectivity index (χ2n) is 10.7. The smallest absolute Gasteiger partial charge is 0.0583 e. The molecule has 0 bridgehead atoms. The Morgan fingerprint density at radius 1 is 0.973 bits per heavy atom. The van der Waals surface area contributed by atoms with Crippen molar-refractivity contribution < 1.29 is 49.2 Å². The van der Waals surface area contributed by atoms with Crippen molar-refractivity contribution >= 4 is 34.5 Å². The number of piperidine rings is 1. The molecule has 2 aliphatic rings. The van der Waals surface area contributed by atoms with E-state index in [-0.39, 0.29) is 50.2 Å². The first-order valence-electron chi connectivity index (χ1n) is 13.2. The first-order valence-corrected chi connectivity index (χ1v) is 14.9. The van der Waals surface area contributed by atoms with E-state index in [4.69, 9.17) is 23.2 Å². The molecule has 0 amide bonds. The van der Waals surface area contributed by atoms with Gasteiger partial charge in [0.2, 0.25) is 0 Å². The fourth-order valence-electron chi connectivity index (χ4n) is 6.12. The van der Waals surface area contributed by atoms with Gasteiger partial charge in [0.15, 0.2) is 0 Å². The van der Waals surface area contributed by atoms with Crippen LogP contribution >= 0.6 is 34.5 Å². The van der Waals surface area contributed by atoms with Crippen LogP contribution < -0.4 is 0 Å². The molecule has 1 N–H and O–H groups in total. The molecule has 0 aliphatic carbocycles. The molecule has 2 aromatic carbocycles. The Bertz CT molecular complexity index is 1090. The summed E-state index contributed by atoms with van der Waals surface area (Å²) < 4.78 is 0. The minimum Gasteiger partial charge on any atom is -0.393 e. The van der Waals surface area contributed by atoms with E-state index in [9.17, 15) is 5.11 Å². The molecule has 3 nitrogen and oxygen atoms in total. The molecule has 2 aliphatic heterocycles. The Morgan fingerprint density at radius 3 is 2.46 bits per heavy atom. The van der Waals surface area contributed by atoms with Crippen LogP contribution in [-0.4, -0.2) is 53.7 Å². The van der Waals surface area contributed by atoms with Gasteiger partial charge in [-0.1, -0.05) is 59.6 Å². The minimum atomic E-state index is -0.241. The second kappa shape index (κ2) is 14.6. The molecule has 3 heterocycles. The molecule has 5 rings (SSSR count). The number of nitrogens with zero attached hydrogens (tertiary/aromatic N) is 2. The summed E-state index contributed by atoms with van der Waals surface area (Å²) >= 11 is 14.4. The van der Waals surface area contributed by atoms with E-state index < -0.39 is 0 Å². The molecule has 7 heteroatoms. The quantitative estimate of drug-likeness (QED) is 0.255. The van der Waals surface area contributed by atoms with E-state index in [0.717, 1.165) is 62.7 Å². The van der Waals surface area contributed by atoms with Crippen LogP contribution in [-0.2, 0) is 13.0 Å². The van der Waals surface area contributed by atoms with Crippen LogP contribution in [0.4, 0.5) is 0 Å². The zero-order valence-corrected chi connectivity index (χ0v) is 28.4. The number of benzene rings is 2. The number of hydrogen-bond acceptors (Lipinski definition) is 4. The fraction of sp³-hybridized carbons (Fsp3) is 0.467. The van der Waals surface area contributed by atoms with Crippen molar-refractivity contribution in [1.82, 2.24) is 9.80 Å². The summed E-state index contributed by atoms with van der Waals surface area (Å²) in [4.78, 5) is 5.23.